The number of rotatable bonds is 7. The van der Waals surface area contributed by atoms with Gasteiger partial charge >= 0.3 is 0 Å². The van der Waals surface area contributed by atoms with E-state index in [1.807, 2.05) is 24.3 Å². The minimum absolute atomic E-state index is 0.0620. The molecular weight excluding hydrogens is 316 g/mol. The minimum Gasteiger partial charge on any atom is -0.380 e. The fourth-order valence-corrected chi connectivity index (χ4v) is 2.60. The second kappa shape index (κ2) is 7.94. The van der Waals surface area contributed by atoms with E-state index in [1.54, 1.807) is 31.4 Å². The van der Waals surface area contributed by atoms with Gasteiger partial charge in [-0.15, -0.1) is 0 Å². The number of carbonyl (C=O) groups excluding carboxylic acids is 2. The van der Waals surface area contributed by atoms with Crippen molar-refractivity contribution in [2.24, 2.45) is 5.92 Å². The first-order valence-electron chi connectivity index (χ1n) is 8.42. The van der Waals surface area contributed by atoms with Gasteiger partial charge in [0.05, 0.1) is 6.61 Å². The van der Waals surface area contributed by atoms with Crippen molar-refractivity contribution >= 4 is 17.5 Å². The Balaban J connectivity index is 1.57. The maximum absolute atomic E-state index is 12.3. The Bertz CT molecular complexity index is 752. The summed E-state index contributed by atoms with van der Waals surface area (Å²) in [6.07, 6.45) is 1.94. The molecule has 0 saturated heterocycles. The zero-order valence-corrected chi connectivity index (χ0v) is 14.2. The first kappa shape index (κ1) is 17.2. The lowest BCUT2D eigenvalue weighted by molar-refractivity contribution is -0.117. The summed E-state index contributed by atoms with van der Waals surface area (Å²) in [6.45, 7) is 0.958. The number of amides is 2. The molecule has 2 aromatic carbocycles. The van der Waals surface area contributed by atoms with E-state index in [4.69, 9.17) is 4.74 Å². The van der Waals surface area contributed by atoms with Gasteiger partial charge in [0.25, 0.3) is 5.91 Å². The van der Waals surface area contributed by atoms with Gasteiger partial charge in [0.2, 0.25) is 5.91 Å². The van der Waals surface area contributed by atoms with Crippen molar-refractivity contribution in [1.29, 1.82) is 0 Å². The molecule has 2 aromatic rings. The van der Waals surface area contributed by atoms with Crippen LogP contribution in [0.15, 0.2) is 48.5 Å². The molecule has 0 aromatic heterocycles. The third kappa shape index (κ3) is 4.67. The van der Waals surface area contributed by atoms with Gasteiger partial charge in [0.1, 0.15) is 0 Å². The Hall–Kier alpha value is -2.66. The molecule has 0 unspecified atom stereocenters. The first-order chi connectivity index (χ1) is 12.2. The molecule has 0 radical (unpaired) electrons. The summed E-state index contributed by atoms with van der Waals surface area (Å²) < 4.78 is 5.18. The van der Waals surface area contributed by atoms with Crippen LogP contribution in [0.5, 0.6) is 0 Å². The summed E-state index contributed by atoms with van der Waals surface area (Å²) in [5.41, 5.74) is 3.38. The smallest absolute Gasteiger partial charge is 0.251 e. The van der Waals surface area contributed by atoms with Crippen molar-refractivity contribution in [3.05, 3.63) is 65.2 Å². The monoisotopic (exact) mass is 338 g/mol. The van der Waals surface area contributed by atoms with E-state index in [2.05, 4.69) is 10.6 Å². The van der Waals surface area contributed by atoms with E-state index in [9.17, 15) is 9.59 Å². The highest BCUT2D eigenvalue weighted by Gasteiger charge is 2.29. The van der Waals surface area contributed by atoms with Crippen LogP contribution in [0.4, 0.5) is 5.69 Å². The summed E-state index contributed by atoms with van der Waals surface area (Å²) in [5, 5.41) is 5.79. The largest absolute Gasteiger partial charge is 0.380 e. The molecule has 5 nitrogen and oxygen atoms in total. The van der Waals surface area contributed by atoms with Crippen molar-refractivity contribution in [3.63, 3.8) is 0 Å². The second-order valence-corrected chi connectivity index (χ2v) is 6.23. The highest BCUT2D eigenvalue weighted by Crippen LogP contribution is 2.30. The number of anilines is 1. The normalized spacial score (nSPS) is 13.3. The van der Waals surface area contributed by atoms with E-state index >= 15 is 0 Å². The fourth-order valence-electron chi connectivity index (χ4n) is 2.60. The average molecular weight is 338 g/mol. The second-order valence-electron chi connectivity index (χ2n) is 6.23. The Morgan fingerprint density at radius 2 is 1.72 bits per heavy atom. The van der Waals surface area contributed by atoms with Crippen molar-refractivity contribution < 1.29 is 14.3 Å². The van der Waals surface area contributed by atoms with Gasteiger partial charge in [-0.05, 0) is 48.2 Å². The van der Waals surface area contributed by atoms with Gasteiger partial charge in [-0.3, -0.25) is 9.59 Å². The summed E-state index contributed by atoms with van der Waals surface area (Å²) in [6, 6.07) is 14.8. The third-order valence-electron chi connectivity index (χ3n) is 4.22. The maximum Gasteiger partial charge on any atom is 0.251 e. The SMILES string of the molecule is COCc1ccccc1CNC(=O)c1ccc(NC(=O)C2CC2)cc1. The molecule has 0 heterocycles. The number of carbonyl (C=O) groups is 2. The Morgan fingerprint density at radius 3 is 2.36 bits per heavy atom. The lowest BCUT2D eigenvalue weighted by Gasteiger charge is -2.10. The zero-order chi connectivity index (χ0) is 17.6. The predicted molar refractivity (Wildman–Crippen MR) is 96.1 cm³/mol. The minimum atomic E-state index is -0.146. The van der Waals surface area contributed by atoms with Crippen molar-refractivity contribution in [1.82, 2.24) is 5.32 Å². The number of hydrogen-bond acceptors (Lipinski definition) is 3. The molecule has 1 aliphatic rings. The molecule has 2 amide bonds. The standard InChI is InChI=1S/C20H22N2O3/c1-25-13-17-5-3-2-4-16(17)12-21-19(23)14-8-10-18(11-9-14)22-20(24)15-6-7-15/h2-5,8-11,15H,6-7,12-13H2,1H3,(H,21,23)(H,22,24). The van der Waals surface area contributed by atoms with Crippen LogP contribution >= 0.6 is 0 Å². The molecule has 130 valence electrons. The fraction of sp³-hybridized carbons (Fsp3) is 0.300. The van der Waals surface area contributed by atoms with Crippen LogP contribution in [0, 0.1) is 5.92 Å². The van der Waals surface area contributed by atoms with Crippen LogP contribution in [0.2, 0.25) is 0 Å². The molecular formula is C20H22N2O3. The molecule has 0 aliphatic heterocycles. The van der Waals surface area contributed by atoms with Crippen molar-refractivity contribution in [3.8, 4) is 0 Å². The van der Waals surface area contributed by atoms with E-state index in [-0.39, 0.29) is 17.7 Å². The topological polar surface area (TPSA) is 67.4 Å². The molecule has 0 atom stereocenters. The molecule has 1 saturated carbocycles. The number of hydrogen-bond donors (Lipinski definition) is 2. The number of nitrogens with one attached hydrogen (secondary N) is 2. The lowest BCUT2D eigenvalue weighted by Crippen LogP contribution is -2.23. The van der Waals surface area contributed by atoms with Crippen LogP contribution in [0.25, 0.3) is 0 Å². The summed E-state index contributed by atoms with van der Waals surface area (Å²) >= 11 is 0. The maximum atomic E-state index is 12.3. The Kier molecular flexibility index (Phi) is 5.46. The predicted octanol–water partition coefficient (Wildman–Crippen LogP) is 3.11. The van der Waals surface area contributed by atoms with Gasteiger partial charge in [-0.1, -0.05) is 24.3 Å². The number of ether oxygens (including phenoxy) is 1. The molecule has 1 aliphatic carbocycles. The highest BCUT2D eigenvalue weighted by molar-refractivity contribution is 5.96. The Labute approximate surface area is 147 Å². The van der Waals surface area contributed by atoms with Gasteiger partial charge in [-0.25, -0.2) is 0 Å². The lowest BCUT2D eigenvalue weighted by atomic mass is 10.1. The van der Waals surface area contributed by atoms with E-state index < -0.39 is 0 Å². The van der Waals surface area contributed by atoms with E-state index in [0.717, 1.165) is 29.7 Å². The van der Waals surface area contributed by atoms with Crippen molar-refractivity contribution in [2.45, 2.75) is 26.0 Å². The van der Waals surface area contributed by atoms with Crippen LogP contribution < -0.4 is 10.6 Å². The molecule has 0 spiro atoms. The van der Waals surface area contributed by atoms with Gasteiger partial charge in [0.15, 0.2) is 0 Å². The summed E-state index contributed by atoms with van der Waals surface area (Å²) in [5.74, 6) is 0.0781. The number of methoxy groups -OCH3 is 1. The number of benzene rings is 2. The summed E-state index contributed by atoms with van der Waals surface area (Å²) in [4.78, 5) is 24.0. The Morgan fingerprint density at radius 1 is 1.04 bits per heavy atom. The first-order valence-corrected chi connectivity index (χ1v) is 8.42. The van der Waals surface area contributed by atoms with Crippen LogP contribution in [0.3, 0.4) is 0 Å². The van der Waals surface area contributed by atoms with E-state index in [0.29, 0.717) is 18.7 Å². The quantitative estimate of drug-likeness (QED) is 0.815. The molecule has 1 fully saturated rings. The van der Waals surface area contributed by atoms with Crippen molar-refractivity contribution in [2.75, 3.05) is 12.4 Å². The summed E-state index contributed by atoms with van der Waals surface area (Å²) in [7, 11) is 1.65. The molecule has 2 N–H and O–H groups in total. The highest BCUT2D eigenvalue weighted by atomic mass is 16.5. The van der Waals surface area contributed by atoms with Gasteiger partial charge in [0, 0.05) is 30.8 Å². The van der Waals surface area contributed by atoms with E-state index in [1.165, 1.54) is 0 Å². The zero-order valence-electron chi connectivity index (χ0n) is 14.2. The third-order valence-corrected chi connectivity index (χ3v) is 4.22. The molecule has 25 heavy (non-hydrogen) atoms. The molecule has 3 rings (SSSR count). The molecule has 0 bridgehead atoms. The van der Waals surface area contributed by atoms with Crippen LogP contribution in [0.1, 0.15) is 34.3 Å². The van der Waals surface area contributed by atoms with Gasteiger partial charge < -0.3 is 15.4 Å². The average Bonchev–Trinajstić information content (AvgIpc) is 3.47. The van der Waals surface area contributed by atoms with Gasteiger partial charge in [-0.2, -0.15) is 0 Å². The molecule has 5 heteroatoms. The van der Waals surface area contributed by atoms with Crippen LogP contribution in [-0.2, 0) is 22.7 Å². The van der Waals surface area contributed by atoms with Crippen LogP contribution in [-0.4, -0.2) is 18.9 Å².